The van der Waals surface area contributed by atoms with Crippen molar-refractivity contribution in [1.82, 2.24) is 10.6 Å². The number of ether oxygens (including phenoxy) is 2. The van der Waals surface area contributed by atoms with Crippen molar-refractivity contribution in [2.24, 2.45) is 10.9 Å². The fraction of sp³-hybridized carbons (Fsp3) is 0.682. The van der Waals surface area contributed by atoms with E-state index < -0.39 is 0 Å². The summed E-state index contributed by atoms with van der Waals surface area (Å²) in [6, 6.07) is 8.75. The maximum Gasteiger partial charge on any atom is 0.191 e. The Morgan fingerprint density at radius 1 is 1.26 bits per heavy atom. The molecule has 0 amide bonds. The Bertz CT molecular complexity index is 563. The van der Waals surface area contributed by atoms with Crippen molar-refractivity contribution in [3.8, 4) is 0 Å². The minimum atomic E-state index is 0.00250. The second kappa shape index (κ2) is 11.3. The zero-order chi connectivity index (χ0) is 19.5. The predicted octanol–water partition coefficient (Wildman–Crippen LogP) is 3.27. The van der Waals surface area contributed by atoms with Gasteiger partial charge in [-0.1, -0.05) is 43.7 Å². The van der Waals surface area contributed by atoms with Gasteiger partial charge in [0.05, 0.1) is 19.8 Å². The molecule has 0 aromatic heterocycles. The van der Waals surface area contributed by atoms with E-state index in [0.717, 1.165) is 64.9 Å². The molecule has 0 spiro atoms. The van der Waals surface area contributed by atoms with E-state index in [9.17, 15) is 0 Å². The molecule has 1 aromatic carbocycles. The molecule has 1 fully saturated rings. The van der Waals surface area contributed by atoms with Crippen LogP contribution in [0.15, 0.2) is 29.3 Å². The van der Waals surface area contributed by atoms with E-state index in [2.05, 4.69) is 62.6 Å². The van der Waals surface area contributed by atoms with E-state index in [1.54, 1.807) is 0 Å². The van der Waals surface area contributed by atoms with Crippen LogP contribution in [0.4, 0.5) is 0 Å². The lowest BCUT2D eigenvalue weighted by atomic mass is 9.84. The third-order valence-electron chi connectivity index (χ3n) is 4.95. The maximum absolute atomic E-state index is 5.76. The zero-order valence-electron chi connectivity index (χ0n) is 17.5. The number of hydrogen-bond donors (Lipinski definition) is 2. The van der Waals surface area contributed by atoms with Gasteiger partial charge in [0.1, 0.15) is 0 Å². The smallest absolute Gasteiger partial charge is 0.191 e. The Hall–Kier alpha value is -1.59. The van der Waals surface area contributed by atoms with Crippen molar-refractivity contribution in [3.05, 3.63) is 35.4 Å². The average molecular weight is 376 g/mol. The first-order valence-corrected chi connectivity index (χ1v) is 10.3. The first-order chi connectivity index (χ1) is 13.0. The van der Waals surface area contributed by atoms with Gasteiger partial charge in [-0.15, -0.1) is 0 Å². The van der Waals surface area contributed by atoms with Crippen LogP contribution in [0.25, 0.3) is 0 Å². The molecule has 27 heavy (non-hydrogen) atoms. The molecule has 1 heterocycles. The topological polar surface area (TPSA) is 54.9 Å². The average Bonchev–Trinajstić information content (AvgIpc) is 3.16. The molecular formula is C22H37N3O2. The monoisotopic (exact) mass is 375 g/mol. The molecule has 0 bridgehead atoms. The lowest BCUT2D eigenvalue weighted by Crippen LogP contribution is -2.39. The summed E-state index contributed by atoms with van der Waals surface area (Å²) < 4.78 is 11.1. The van der Waals surface area contributed by atoms with Crippen LogP contribution in [0, 0.1) is 12.8 Å². The van der Waals surface area contributed by atoms with Crippen molar-refractivity contribution < 1.29 is 9.47 Å². The molecule has 1 aromatic rings. The van der Waals surface area contributed by atoms with Crippen molar-refractivity contribution in [2.45, 2.75) is 46.0 Å². The lowest BCUT2D eigenvalue weighted by molar-refractivity contribution is 0.0888. The summed E-state index contributed by atoms with van der Waals surface area (Å²) >= 11 is 0. The van der Waals surface area contributed by atoms with Gasteiger partial charge in [0.25, 0.3) is 0 Å². The largest absolute Gasteiger partial charge is 0.381 e. The first-order valence-electron chi connectivity index (χ1n) is 10.3. The molecule has 5 heteroatoms. The van der Waals surface area contributed by atoms with E-state index >= 15 is 0 Å². The standard InChI is InChI=1S/C22H37N3O2/c1-5-23-21(24-12-6-13-26-15-19-11-14-27-16-19)25-17-22(3,4)20-9-7-18(2)8-10-20/h7-10,19H,5-6,11-17H2,1-4H3,(H2,23,24,25). The maximum atomic E-state index is 5.76. The third-order valence-corrected chi connectivity index (χ3v) is 4.95. The van der Waals surface area contributed by atoms with Crippen LogP contribution in [0.2, 0.25) is 0 Å². The lowest BCUT2D eigenvalue weighted by Gasteiger charge is -2.24. The summed E-state index contributed by atoms with van der Waals surface area (Å²) in [4.78, 5) is 4.80. The van der Waals surface area contributed by atoms with E-state index in [1.807, 2.05) is 0 Å². The number of aliphatic imine (C=N–C) groups is 1. The molecule has 0 saturated carbocycles. The van der Waals surface area contributed by atoms with Crippen LogP contribution >= 0.6 is 0 Å². The quantitative estimate of drug-likeness (QED) is 0.374. The Morgan fingerprint density at radius 2 is 2.04 bits per heavy atom. The number of benzene rings is 1. The van der Waals surface area contributed by atoms with Crippen LogP contribution in [-0.2, 0) is 14.9 Å². The first kappa shape index (κ1) is 21.7. The highest BCUT2D eigenvalue weighted by Gasteiger charge is 2.20. The molecule has 1 aliphatic heterocycles. The highest BCUT2D eigenvalue weighted by molar-refractivity contribution is 5.79. The Kier molecular flexibility index (Phi) is 9.08. The van der Waals surface area contributed by atoms with E-state index in [0.29, 0.717) is 5.92 Å². The number of aryl methyl sites for hydroxylation is 1. The number of guanidine groups is 1. The Labute approximate surface area is 164 Å². The number of hydrogen-bond acceptors (Lipinski definition) is 3. The molecule has 2 rings (SSSR count). The van der Waals surface area contributed by atoms with Crippen molar-refractivity contribution in [3.63, 3.8) is 0 Å². The van der Waals surface area contributed by atoms with Crippen LogP contribution in [0.3, 0.4) is 0 Å². The van der Waals surface area contributed by atoms with Gasteiger partial charge in [-0.05, 0) is 32.3 Å². The van der Waals surface area contributed by atoms with Gasteiger partial charge in [0.15, 0.2) is 5.96 Å². The summed E-state index contributed by atoms with van der Waals surface area (Å²) in [6.45, 7) is 14.5. The fourth-order valence-electron chi connectivity index (χ4n) is 3.06. The van der Waals surface area contributed by atoms with Crippen molar-refractivity contribution in [2.75, 3.05) is 46.1 Å². The molecule has 152 valence electrons. The summed E-state index contributed by atoms with van der Waals surface area (Å²) in [7, 11) is 0. The third kappa shape index (κ3) is 7.89. The van der Waals surface area contributed by atoms with Gasteiger partial charge in [0, 0.05) is 37.6 Å². The number of rotatable bonds is 10. The van der Waals surface area contributed by atoms with Crippen LogP contribution in [0.5, 0.6) is 0 Å². The molecular weight excluding hydrogens is 338 g/mol. The minimum Gasteiger partial charge on any atom is -0.381 e. The van der Waals surface area contributed by atoms with Crippen LogP contribution in [0.1, 0.15) is 44.7 Å². The van der Waals surface area contributed by atoms with Crippen LogP contribution in [-0.4, -0.2) is 52.0 Å². The summed E-state index contributed by atoms with van der Waals surface area (Å²) in [5.41, 5.74) is 2.61. The summed E-state index contributed by atoms with van der Waals surface area (Å²) in [5, 5.41) is 6.75. The van der Waals surface area contributed by atoms with Crippen LogP contribution < -0.4 is 10.6 Å². The molecule has 1 saturated heterocycles. The zero-order valence-corrected chi connectivity index (χ0v) is 17.5. The molecule has 0 aliphatic carbocycles. The van der Waals surface area contributed by atoms with Gasteiger partial charge < -0.3 is 20.1 Å². The fourth-order valence-corrected chi connectivity index (χ4v) is 3.06. The van der Waals surface area contributed by atoms with Crippen molar-refractivity contribution >= 4 is 5.96 Å². The number of nitrogens with one attached hydrogen (secondary N) is 2. The Morgan fingerprint density at radius 3 is 2.70 bits per heavy atom. The molecule has 2 N–H and O–H groups in total. The second-order valence-electron chi connectivity index (χ2n) is 8.03. The summed E-state index contributed by atoms with van der Waals surface area (Å²) in [5.74, 6) is 1.46. The van der Waals surface area contributed by atoms with Crippen molar-refractivity contribution in [1.29, 1.82) is 0 Å². The molecule has 0 radical (unpaired) electrons. The normalized spacial score (nSPS) is 17.9. The molecule has 1 aliphatic rings. The van der Waals surface area contributed by atoms with Gasteiger partial charge in [0.2, 0.25) is 0 Å². The Balaban J connectivity index is 1.73. The van der Waals surface area contributed by atoms with Gasteiger partial charge in [-0.3, -0.25) is 4.99 Å². The van der Waals surface area contributed by atoms with E-state index in [4.69, 9.17) is 14.5 Å². The van der Waals surface area contributed by atoms with Gasteiger partial charge in [-0.25, -0.2) is 0 Å². The van der Waals surface area contributed by atoms with E-state index in [1.165, 1.54) is 11.1 Å². The van der Waals surface area contributed by atoms with Gasteiger partial charge >= 0.3 is 0 Å². The second-order valence-corrected chi connectivity index (χ2v) is 8.03. The highest BCUT2D eigenvalue weighted by atomic mass is 16.5. The van der Waals surface area contributed by atoms with E-state index in [-0.39, 0.29) is 5.41 Å². The number of nitrogens with zero attached hydrogens (tertiary/aromatic N) is 1. The molecule has 1 atom stereocenters. The predicted molar refractivity (Wildman–Crippen MR) is 113 cm³/mol. The minimum absolute atomic E-state index is 0.00250. The highest BCUT2D eigenvalue weighted by Crippen LogP contribution is 2.23. The molecule has 1 unspecified atom stereocenters. The summed E-state index contributed by atoms with van der Waals surface area (Å²) in [6.07, 6.45) is 2.10. The molecule has 5 nitrogen and oxygen atoms in total. The SMILES string of the molecule is CCNC(=NCC(C)(C)c1ccc(C)cc1)NCCCOCC1CCOC1. The van der Waals surface area contributed by atoms with Gasteiger partial charge in [-0.2, -0.15) is 0 Å².